The number of nitrogens with one attached hydrogen (secondary N) is 1. The van der Waals surface area contributed by atoms with Crippen LogP contribution >= 0.6 is 27.5 Å². The zero-order valence-corrected chi connectivity index (χ0v) is 12.7. The van der Waals surface area contributed by atoms with E-state index >= 15 is 0 Å². The van der Waals surface area contributed by atoms with E-state index in [0.717, 1.165) is 47.3 Å². The van der Waals surface area contributed by atoms with Crippen molar-refractivity contribution in [2.45, 2.75) is 44.2 Å². The summed E-state index contributed by atoms with van der Waals surface area (Å²) in [7, 11) is 0. The Morgan fingerprint density at radius 3 is 2.67 bits per heavy atom. The van der Waals surface area contributed by atoms with Gasteiger partial charge < -0.3 is 10.4 Å². The van der Waals surface area contributed by atoms with Gasteiger partial charge in [-0.3, -0.25) is 0 Å². The number of rotatable bonds is 4. The van der Waals surface area contributed by atoms with Gasteiger partial charge in [0.25, 0.3) is 0 Å². The van der Waals surface area contributed by atoms with Crippen molar-refractivity contribution in [3.8, 4) is 0 Å². The maximum absolute atomic E-state index is 10.4. The summed E-state index contributed by atoms with van der Waals surface area (Å²) in [6.07, 6.45) is 5.37. The molecule has 2 rings (SSSR count). The normalized spacial score (nSPS) is 18.8. The van der Waals surface area contributed by atoms with E-state index in [-0.39, 0.29) is 0 Å². The summed E-state index contributed by atoms with van der Waals surface area (Å²) in [5, 5.41) is 14.4. The third-order valence-electron chi connectivity index (χ3n) is 3.55. The minimum atomic E-state index is -0.503. The lowest BCUT2D eigenvalue weighted by molar-refractivity contribution is 0.00468. The van der Waals surface area contributed by atoms with Crippen molar-refractivity contribution >= 4 is 27.5 Å². The molecule has 2 nitrogen and oxygen atoms in total. The van der Waals surface area contributed by atoms with Gasteiger partial charge >= 0.3 is 0 Å². The van der Waals surface area contributed by atoms with Gasteiger partial charge in [-0.05, 0) is 46.5 Å². The Labute approximate surface area is 122 Å². The third-order valence-corrected chi connectivity index (χ3v) is 4.78. The van der Waals surface area contributed by atoms with Crippen LogP contribution < -0.4 is 5.32 Å². The van der Waals surface area contributed by atoms with E-state index in [1.165, 1.54) is 6.42 Å². The van der Waals surface area contributed by atoms with Crippen molar-refractivity contribution in [3.63, 3.8) is 0 Å². The molecule has 0 bridgehead atoms. The number of benzene rings is 1. The second-order valence-electron chi connectivity index (χ2n) is 5.14. The van der Waals surface area contributed by atoms with E-state index in [1.807, 2.05) is 18.2 Å². The van der Waals surface area contributed by atoms with Gasteiger partial charge in [0.15, 0.2) is 0 Å². The Bertz CT molecular complexity index is 405. The van der Waals surface area contributed by atoms with Crippen LogP contribution in [0.3, 0.4) is 0 Å². The van der Waals surface area contributed by atoms with Crippen LogP contribution in [-0.4, -0.2) is 17.3 Å². The maximum atomic E-state index is 10.4. The predicted octanol–water partition coefficient (Wildman–Crippen LogP) is 3.89. The van der Waals surface area contributed by atoms with Gasteiger partial charge in [-0.1, -0.05) is 36.9 Å². The van der Waals surface area contributed by atoms with Crippen molar-refractivity contribution in [3.05, 3.63) is 33.3 Å². The van der Waals surface area contributed by atoms with Crippen molar-refractivity contribution in [1.82, 2.24) is 5.32 Å². The largest absolute Gasteiger partial charge is 0.389 e. The molecule has 4 heteroatoms. The molecule has 1 fully saturated rings. The molecule has 0 atom stereocenters. The Morgan fingerprint density at radius 2 is 2.00 bits per heavy atom. The lowest BCUT2D eigenvalue weighted by atomic mass is 9.85. The van der Waals surface area contributed by atoms with Gasteiger partial charge in [0.2, 0.25) is 0 Å². The first kappa shape index (κ1) is 14.3. The molecule has 100 valence electrons. The summed E-state index contributed by atoms with van der Waals surface area (Å²) in [4.78, 5) is 0. The molecule has 0 aromatic heterocycles. The number of hydrogen-bond donors (Lipinski definition) is 2. The molecule has 2 N–H and O–H groups in total. The number of aliphatic hydroxyl groups is 1. The second-order valence-corrected chi connectivity index (χ2v) is 6.40. The molecule has 0 amide bonds. The van der Waals surface area contributed by atoms with Crippen LogP contribution in [0.15, 0.2) is 22.7 Å². The Balaban J connectivity index is 1.82. The first-order valence-corrected chi connectivity index (χ1v) is 7.63. The lowest BCUT2D eigenvalue weighted by Gasteiger charge is -2.32. The van der Waals surface area contributed by atoms with E-state index in [4.69, 9.17) is 11.6 Å². The van der Waals surface area contributed by atoms with Gasteiger partial charge in [-0.2, -0.15) is 0 Å². The molecule has 0 unspecified atom stereocenters. The summed E-state index contributed by atoms with van der Waals surface area (Å²) in [5.74, 6) is 0. The van der Waals surface area contributed by atoms with Gasteiger partial charge in [0.05, 0.1) is 10.6 Å². The molecule has 0 heterocycles. The standard InChI is InChI=1S/C14H19BrClNO/c15-12-5-4-11(8-13(12)16)9-17-10-14(18)6-2-1-3-7-14/h4-5,8,17-18H,1-3,6-7,9-10H2. The van der Waals surface area contributed by atoms with Crippen molar-refractivity contribution in [2.75, 3.05) is 6.54 Å². The monoisotopic (exact) mass is 331 g/mol. The van der Waals surface area contributed by atoms with Crippen LogP contribution in [0.4, 0.5) is 0 Å². The summed E-state index contributed by atoms with van der Waals surface area (Å²) >= 11 is 9.42. The highest BCUT2D eigenvalue weighted by Gasteiger charge is 2.28. The maximum Gasteiger partial charge on any atom is 0.0771 e. The first-order chi connectivity index (χ1) is 8.59. The molecule has 1 saturated carbocycles. The summed E-state index contributed by atoms with van der Waals surface area (Å²) in [5.41, 5.74) is 0.639. The fourth-order valence-electron chi connectivity index (χ4n) is 2.48. The molecular weight excluding hydrogens is 314 g/mol. The summed E-state index contributed by atoms with van der Waals surface area (Å²) in [6, 6.07) is 5.94. The van der Waals surface area contributed by atoms with E-state index < -0.39 is 5.60 Å². The molecule has 0 spiro atoms. The highest BCUT2D eigenvalue weighted by atomic mass is 79.9. The average Bonchev–Trinajstić information content (AvgIpc) is 2.34. The average molecular weight is 333 g/mol. The van der Waals surface area contributed by atoms with Gasteiger partial charge in [-0.25, -0.2) is 0 Å². The summed E-state index contributed by atoms with van der Waals surface area (Å²) < 4.78 is 0.916. The third kappa shape index (κ3) is 3.95. The van der Waals surface area contributed by atoms with Crippen molar-refractivity contribution in [2.24, 2.45) is 0 Å². The van der Waals surface area contributed by atoms with Crippen LogP contribution in [0.2, 0.25) is 5.02 Å². The topological polar surface area (TPSA) is 32.3 Å². The molecule has 1 aliphatic carbocycles. The number of halogens is 2. The van der Waals surface area contributed by atoms with Crippen molar-refractivity contribution in [1.29, 1.82) is 0 Å². The fraction of sp³-hybridized carbons (Fsp3) is 0.571. The smallest absolute Gasteiger partial charge is 0.0771 e. The van der Waals surface area contributed by atoms with Gasteiger partial charge in [0.1, 0.15) is 0 Å². The van der Waals surface area contributed by atoms with Gasteiger partial charge in [0, 0.05) is 17.6 Å². The molecule has 0 aliphatic heterocycles. The highest BCUT2D eigenvalue weighted by molar-refractivity contribution is 9.10. The Hall–Kier alpha value is -0.0900. The second kappa shape index (κ2) is 6.38. The summed E-state index contributed by atoms with van der Waals surface area (Å²) in [6.45, 7) is 1.41. The molecule has 1 aromatic rings. The Morgan fingerprint density at radius 1 is 1.28 bits per heavy atom. The fourth-order valence-corrected chi connectivity index (χ4v) is 2.93. The van der Waals surface area contributed by atoms with Gasteiger partial charge in [-0.15, -0.1) is 0 Å². The minimum absolute atomic E-state index is 0.503. The molecule has 0 saturated heterocycles. The van der Waals surface area contributed by atoms with Crippen LogP contribution in [0, 0.1) is 0 Å². The zero-order valence-electron chi connectivity index (χ0n) is 10.4. The SMILES string of the molecule is OC1(CNCc2ccc(Br)c(Cl)c2)CCCCC1. The molecule has 18 heavy (non-hydrogen) atoms. The van der Waals surface area contributed by atoms with Crippen LogP contribution in [0.1, 0.15) is 37.7 Å². The molecule has 0 radical (unpaired) electrons. The molecule has 1 aromatic carbocycles. The zero-order chi connectivity index (χ0) is 13.0. The van der Waals surface area contributed by atoms with Crippen LogP contribution in [0.5, 0.6) is 0 Å². The van der Waals surface area contributed by atoms with E-state index in [9.17, 15) is 5.11 Å². The number of hydrogen-bond acceptors (Lipinski definition) is 2. The molecular formula is C14H19BrClNO. The van der Waals surface area contributed by atoms with Crippen LogP contribution in [-0.2, 0) is 6.54 Å². The van der Waals surface area contributed by atoms with E-state index in [0.29, 0.717) is 6.54 Å². The molecule has 1 aliphatic rings. The first-order valence-electron chi connectivity index (χ1n) is 6.46. The highest BCUT2D eigenvalue weighted by Crippen LogP contribution is 2.27. The Kier molecular flexibility index (Phi) is 5.07. The van der Waals surface area contributed by atoms with E-state index in [1.54, 1.807) is 0 Å². The van der Waals surface area contributed by atoms with Crippen LogP contribution in [0.25, 0.3) is 0 Å². The van der Waals surface area contributed by atoms with Crippen molar-refractivity contribution < 1.29 is 5.11 Å². The quantitative estimate of drug-likeness (QED) is 0.877. The minimum Gasteiger partial charge on any atom is -0.389 e. The van der Waals surface area contributed by atoms with E-state index in [2.05, 4.69) is 21.2 Å². The predicted molar refractivity (Wildman–Crippen MR) is 78.9 cm³/mol. The lowest BCUT2D eigenvalue weighted by Crippen LogP contribution is -2.41.